The number of nitrogens with zero attached hydrogens (tertiary/aromatic N) is 1. The van der Waals surface area contributed by atoms with Crippen molar-refractivity contribution in [2.24, 2.45) is 0 Å². The van der Waals surface area contributed by atoms with Crippen molar-refractivity contribution in [3.63, 3.8) is 0 Å². The van der Waals surface area contributed by atoms with Crippen LogP contribution in [0.4, 0.5) is 10.1 Å². The van der Waals surface area contributed by atoms with Crippen molar-refractivity contribution < 1.29 is 13.6 Å². The standard InChI is InChI=1S/C27H22FNO3/c1-14-5-10-20(11-15(14)2)29-24(18-6-8-19(28)9-7-18)23-25(30)21-12-16(3)17(4)13-22(21)32-26(23)27(29)31/h5-13,24H,1-4H3. The Balaban J connectivity index is 1.82. The summed E-state index contributed by atoms with van der Waals surface area (Å²) in [6, 6.07) is 14.5. The Morgan fingerprint density at radius 3 is 2.16 bits per heavy atom. The molecule has 0 saturated carbocycles. The number of amides is 1. The van der Waals surface area contributed by atoms with Gasteiger partial charge >= 0.3 is 0 Å². The Labute approximate surface area is 184 Å². The van der Waals surface area contributed by atoms with E-state index in [1.54, 1.807) is 23.1 Å². The lowest BCUT2D eigenvalue weighted by molar-refractivity contribution is 0.0971. The maximum absolute atomic E-state index is 13.7. The van der Waals surface area contributed by atoms with Gasteiger partial charge in [-0.25, -0.2) is 4.39 Å². The van der Waals surface area contributed by atoms with Crippen molar-refractivity contribution in [2.45, 2.75) is 33.7 Å². The van der Waals surface area contributed by atoms with Crippen molar-refractivity contribution in [3.05, 3.63) is 110 Å². The minimum Gasteiger partial charge on any atom is -0.450 e. The van der Waals surface area contributed by atoms with Crippen LogP contribution >= 0.6 is 0 Å². The van der Waals surface area contributed by atoms with Crippen LogP contribution in [0.3, 0.4) is 0 Å². The van der Waals surface area contributed by atoms with E-state index in [0.717, 1.165) is 22.3 Å². The number of hydrogen-bond acceptors (Lipinski definition) is 3. The Morgan fingerprint density at radius 1 is 0.812 bits per heavy atom. The fourth-order valence-electron chi connectivity index (χ4n) is 4.33. The van der Waals surface area contributed by atoms with E-state index < -0.39 is 6.04 Å². The molecule has 0 saturated heterocycles. The molecule has 4 nitrogen and oxygen atoms in total. The fraction of sp³-hybridized carbons (Fsp3) is 0.185. The zero-order valence-electron chi connectivity index (χ0n) is 18.3. The van der Waals surface area contributed by atoms with Crippen LogP contribution in [0.2, 0.25) is 0 Å². The molecular formula is C27H22FNO3. The smallest absolute Gasteiger partial charge is 0.295 e. The van der Waals surface area contributed by atoms with Crippen molar-refractivity contribution in [1.82, 2.24) is 0 Å². The number of rotatable bonds is 2. The predicted molar refractivity (Wildman–Crippen MR) is 123 cm³/mol. The number of carbonyl (C=O) groups is 1. The van der Waals surface area contributed by atoms with Crippen molar-refractivity contribution in [2.75, 3.05) is 4.90 Å². The lowest BCUT2D eigenvalue weighted by atomic mass is 9.97. The first kappa shape index (κ1) is 20.2. The minimum absolute atomic E-state index is 0.0401. The molecule has 1 aliphatic rings. The Kier molecular flexibility index (Phi) is 4.52. The zero-order chi connectivity index (χ0) is 22.7. The average molecular weight is 427 g/mol. The van der Waals surface area contributed by atoms with E-state index in [2.05, 4.69) is 0 Å². The molecule has 0 N–H and O–H groups in total. The Morgan fingerprint density at radius 2 is 1.47 bits per heavy atom. The van der Waals surface area contributed by atoms with Gasteiger partial charge < -0.3 is 4.42 Å². The highest BCUT2D eigenvalue weighted by Gasteiger charge is 2.43. The first-order chi connectivity index (χ1) is 15.3. The molecule has 160 valence electrons. The first-order valence-electron chi connectivity index (χ1n) is 10.5. The van der Waals surface area contributed by atoms with Crippen molar-refractivity contribution in [3.8, 4) is 0 Å². The molecular weight excluding hydrogens is 405 g/mol. The van der Waals surface area contributed by atoms with Gasteiger partial charge in [0.2, 0.25) is 5.76 Å². The van der Waals surface area contributed by atoms with Crippen LogP contribution in [-0.2, 0) is 0 Å². The lowest BCUT2D eigenvalue weighted by Gasteiger charge is -2.26. The van der Waals surface area contributed by atoms with Gasteiger partial charge in [0.05, 0.1) is 17.0 Å². The molecule has 32 heavy (non-hydrogen) atoms. The molecule has 3 aromatic carbocycles. The van der Waals surface area contributed by atoms with Crippen molar-refractivity contribution in [1.29, 1.82) is 0 Å². The first-order valence-corrected chi connectivity index (χ1v) is 10.5. The van der Waals surface area contributed by atoms with Gasteiger partial charge in [0.25, 0.3) is 5.91 Å². The third kappa shape index (κ3) is 2.96. The molecule has 0 radical (unpaired) electrons. The van der Waals surface area contributed by atoms with Gasteiger partial charge in [0.15, 0.2) is 5.43 Å². The number of fused-ring (bicyclic) bond motifs is 2. The Bertz CT molecular complexity index is 1470. The van der Waals surface area contributed by atoms with Gasteiger partial charge in [-0.15, -0.1) is 0 Å². The van der Waals surface area contributed by atoms with Crippen LogP contribution in [0.15, 0.2) is 63.8 Å². The average Bonchev–Trinajstić information content (AvgIpc) is 3.05. The number of carbonyl (C=O) groups excluding carboxylic acids is 1. The lowest BCUT2D eigenvalue weighted by Crippen LogP contribution is -2.29. The molecule has 0 bridgehead atoms. The molecule has 1 aromatic heterocycles. The molecule has 0 fully saturated rings. The van der Waals surface area contributed by atoms with Gasteiger partial charge in [-0.2, -0.15) is 0 Å². The maximum Gasteiger partial charge on any atom is 0.295 e. The minimum atomic E-state index is -0.706. The fourth-order valence-corrected chi connectivity index (χ4v) is 4.33. The van der Waals surface area contributed by atoms with Crippen LogP contribution in [0.5, 0.6) is 0 Å². The largest absolute Gasteiger partial charge is 0.450 e. The second kappa shape index (κ2) is 7.16. The van der Waals surface area contributed by atoms with E-state index in [9.17, 15) is 14.0 Å². The number of aryl methyl sites for hydroxylation is 4. The maximum atomic E-state index is 13.7. The summed E-state index contributed by atoms with van der Waals surface area (Å²) in [7, 11) is 0. The quantitative estimate of drug-likeness (QED) is 0.399. The Hall–Kier alpha value is -3.73. The molecule has 1 unspecified atom stereocenters. The molecule has 1 atom stereocenters. The highest BCUT2D eigenvalue weighted by atomic mass is 19.1. The van der Waals surface area contributed by atoms with E-state index in [4.69, 9.17) is 4.42 Å². The SMILES string of the molecule is Cc1ccc(N2C(=O)c3oc4cc(C)c(C)cc4c(=O)c3C2c2ccc(F)cc2)cc1C. The molecule has 2 heterocycles. The number of hydrogen-bond donors (Lipinski definition) is 0. The van der Waals surface area contributed by atoms with Gasteiger partial charge in [0, 0.05) is 5.69 Å². The molecule has 5 rings (SSSR count). The second-order valence-electron chi connectivity index (χ2n) is 8.50. The monoisotopic (exact) mass is 427 g/mol. The van der Waals surface area contributed by atoms with Crippen LogP contribution < -0.4 is 10.3 Å². The van der Waals surface area contributed by atoms with Gasteiger partial charge in [-0.1, -0.05) is 18.2 Å². The topological polar surface area (TPSA) is 50.5 Å². The highest BCUT2D eigenvalue weighted by molar-refractivity contribution is 6.10. The predicted octanol–water partition coefficient (Wildman–Crippen LogP) is 5.92. The molecule has 1 aliphatic heterocycles. The van der Waals surface area contributed by atoms with E-state index in [1.165, 1.54) is 12.1 Å². The van der Waals surface area contributed by atoms with Crippen molar-refractivity contribution >= 4 is 22.6 Å². The third-order valence-corrected chi connectivity index (χ3v) is 6.44. The normalized spacial score (nSPS) is 15.5. The summed E-state index contributed by atoms with van der Waals surface area (Å²) in [5.41, 5.74) is 5.83. The second-order valence-corrected chi connectivity index (χ2v) is 8.50. The summed E-state index contributed by atoms with van der Waals surface area (Å²) in [5.74, 6) is -0.721. The van der Waals surface area contributed by atoms with Crippen LogP contribution in [0.1, 0.15) is 50.0 Å². The molecule has 0 spiro atoms. The number of halogens is 1. The van der Waals surface area contributed by atoms with Crippen LogP contribution in [0, 0.1) is 33.5 Å². The van der Waals surface area contributed by atoms with Crippen LogP contribution in [0.25, 0.3) is 11.0 Å². The van der Waals surface area contributed by atoms with E-state index in [1.807, 2.05) is 52.0 Å². The van der Waals surface area contributed by atoms with E-state index in [-0.39, 0.29) is 28.5 Å². The molecule has 4 aromatic rings. The van der Waals surface area contributed by atoms with E-state index in [0.29, 0.717) is 22.2 Å². The third-order valence-electron chi connectivity index (χ3n) is 6.44. The highest BCUT2D eigenvalue weighted by Crippen LogP contribution is 2.41. The summed E-state index contributed by atoms with van der Waals surface area (Å²) >= 11 is 0. The number of anilines is 1. The molecule has 5 heteroatoms. The van der Waals surface area contributed by atoms with Crippen LogP contribution in [-0.4, -0.2) is 5.91 Å². The van der Waals surface area contributed by atoms with Gasteiger partial charge in [-0.05, 0) is 91.9 Å². The van der Waals surface area contributed by atoms with E-state index >= 15 is 0 Å². The van der Waals surface area contributed by atoms with Gasteiger partial charge in [-0.3, -0.25) is 14.5 Å². The summed E-state index contributed by atoms with van der Waals surface area (Å²) < 4.78 is 19.7. The summed E-state index contributed by atoms with van der Waals surface area (Å²) in [6.45, 7) is 7.85. The summed E-state index contributed by atoms with van der Waals surface area (Å²) in [4.78, 5) is 28.9. The summed E-state index contributed by atoms with van der Waals surface area (Å²) in [6.07, 6.45) is 0. The van der Waals surface area contributed by atoms with Gasteiger partial charge in [0.1, 0.15) is 11.4 Å². The molecule has 0 aliphatic carbocycles. The zero-order valence-corrected chi connectivity index (χ0v) is 18.3. The summed E-state index contributed by atoms with van der Waals surface area (Å²) in [5, 5.41) is 0.439. The number of benzene rings is 3. The molecule has 1 amide bonds.